The Morgan fingerprint density at radius 2 is 1.97 bits per heavy atom. The van der Waals surface area contributed by atoms with E-state index in [2.05, 4.69) is 34.5 Å². The number of benzene rings is 1. The molecule has 0 radical (unpaired) electrons. The van der Waals surface area contributed by atoms with Crippen molar-refractivity contribution in [2.75, 3.05) is 36.5 Å². The number of hydrogen-bond donors (Lipinski definition) is 2. The molecular formula is C24H31N7O2. The van der Waals surface area contributed by atoms with Crippen LogP contribution in [-0.4, -0.2) is 58.1 Å². The summed E-state index contributed by atoms with van der Waals surface area (Å²) in [4.78, 5) is 23.9. The van der Waals surface area contributed by atoms with Crippen molar-refractivity contribution in [3.63, 3.8) is 0 Å². The number of amides is 2. The van der Waals surface area contributed by atoms with Crippen molar-refractivity contribution >= 4 is 17.5 Å². The van der Waals surface area contributed by atoms with Gasteiger partial charge in [0, 0.05) is 48.7 Å². The Morgan fingerprint density at radius 3 is 2.61 bits per heavy atom. The molecule has 9 heteroatoms. The Labute approximate surface area is 194 Å². The summed E-state index contributed by atoms with van der Waals surface area (Å²) in [6.07, 6.45) is 0. The Kier molecular flexibility index (Phi) is 6.60. The van der Waals surface area contributed by atoms with Gasteiger partial charge in [0.1, 0.15) is 5.82 Å². The summed E-state index contributed by atoms with van der Waals surface area (Å²) in [6.45, 7) is 10.8. The fourth-order valence-electron chi connectivity index (χ4n) is 4.09. The molecule has 0 saturated carbocycles. The van der Waals surface area contributed by atoms with E-state index in [-0.39, 0.29) is 12.1 Å². The second-order valence-electron chi connectivity index (χ2n) is 8.28. The van der Waals surface area contributed by atoms with E-state index in [9.17, 15) is 4.79 Å². The van der Waals surface area contributed by atoms with E-state index >= 15 is 0 Å². The molecule has 33 heavy (non-hydrogen) atoms. The Balaban J connectivity index is 1.75. The molecule has 1 fully saturated rings. The van der Waals surface area contributed by atoms with Gasteiger partial charge in [-0.05, 0) is 52.0 Å². The topological polar surface area (TPSA) is 97.2 Å². The van der Waals surface area contributed by atoms with Crippen LogP contribution in [0.4, 0.5) is 16.3 Å². The van der Waals surface area contributed by atoms with Crippen molar-refractivity contribution in [1.82, 2.24) is 25.1 Å². The number of ether oxygens (including phenoxy) is 1. The van der Waals surface area contributed by atoms with Crippen LogP contribution >= 0.6 is 0 Å². The third kappa shape index (κ3) is 4.83. The highest BCUT2D eigenvalue weighted by molar-refractivity contribution is 5.89. The molecule has 0 spiro atoms. The highest BCUT2D eigenvalue weighted by atomic mass is 16.5. The highest BCUT2D eigenvalue weighted by Gasteiger charge is 2.23. The second-order valence-corrected chi connectivity index (χ2v) is 8.28. The van der Waals surface area contributed by atoms with Crippen LogP contribution in [-0.2, 0) is 11.8 Å². The van der Waals surface area contributed by atoms with Gasteiger partial charge in [0.25, 0.3) is 0 Å². The number of nitrogens with one attached hydrogen (secondary N) is 2. The van der Waals surface area contributed by atoms with Gasteiger partial charge in [0.05, 0.1) is 30.6 Å². The summed E-state index contributed by atoms with van der Waals surface area (Å²) in [5.74, 6) is 1.51. The van der Waals surface area contributed by atoms with Crippen LogP contribution in [0.5, 0.6) is 0 Å². The molecule has 4 rings (SSSR count). The van der Waals surface area contributed by atoms with Crippen LogP contribution in [0.25, 0.3) is 22.6 Å². The molecule has 3 heterocycles. The summed E-state index contributed by atoms with van der Waals surface area (Å²) in [7, 11) is 1.94. The average molecular weight is 450 g/mol. The minimum Gasteiger partial charge on any atom is -0.377 e. The first-order chi connectivity index (χ1) is 15.9. The smallest absolute Gasteiger partial charge is 0.319 e. The van der Waals surface area contributed by atoms with E-state index < -0.39 is 0 Å². The number of rotatable bonds is 5. The zero-order valence-electron chi connectivity index (χ0n) is 19.8. The van der Waals surface area contributed by atoms with Gasteiger partial charge in [-0.3, -0.25) is 4.68 Å². The molecular weight excluding hydrogens is 418 g/mol. The van der Waals surface area contributed by atoms with Crippen LogP contribution < -0.4 is 15.5 Å². The standard InChI is InChI=1S/C24H31N7O2/c1-6-25-24(32)26-19-9-7-18(8-10-19)23-27-20(22-16(3)29-30(5)17(22)4)13-21(28-23)31-11-12-33-14-15(31)2/h7-10,13,15H,6,11-12,14H2,1-5H3,(H2,25,26,32)/t15-/m1/s1. The largest absolute Gasteiger partial charge is 0.377 e. The number of morpholine rings is 1. The molecule has 2 aromatic heterocycles. The molecule has 1 saturated heterocycles. The Bertz CT molecular complexity index is 1140. The number of carbonyl (C=O) groups is 1. The van der Waals surface area contributed by atoms with Crippen LogP contribution in [0, 0.1) is 13.8 Å². The predicted molar refractivity (Wildman–Crippen MR) is 129 cm³/mol. The van der Waals surface area contributed by atoms with E-state index in [0.29, 0.717) is 31.3 Å². The van der Waals surface area contributed by atoms with Gasteiger partial charge >= 0.3 is 6.03 Å². The first-order valence-electron chi connectivity index (χ1n) is 11.3. The van der Waals surface area contributed by atoms with Crippen LogP contribution in [0.15, 0.2) is 30.3 Å². The fourth-order valence-corrected chi connectivity index (χ4v) is 4.09. The monoisotopic (exact) mass is 449 g/mol. The molecule has 1 aliphatic rings. The molecule has 1 atom stereocenters. The van der Waals surface area contributed by atoms with E-state index in [1.165, 1.54) is 0 Å². The summed E-state index contributed by atoms with van der Waals surface area (Å²) in [5.41, 5.74) is 5.45. The summed E-state index contributed by atoms with van der Waals surface area (Å²) < 4.78 is 7.51. The average Bonchev–Trinajstić information content (AvgIpc) is 3.05. The minimum absolute atomic E-state index is 0.217. The van der Waals surface area contributed by atoms with Gasteiger partial charge in [-0.2, -0.15) is 5.10 Å². The first-order valence-corrected chi connectivity index (χ1v) is 11.3. The summed E-state index contributed by atoms with van der Waals surface area (Å²) in [5, 5.41) is 10.1. The highest BCUT2D eigenvalue weighted by Crippen LogP contribution is 2.31. The van der Waals surface area contributed by atoms with Crippen LogP contribution in [0.1, 0.15) is 25.2 Å². The SMILES string of the molecule is CCNC(=O)Nc1ccc(-c2nc(-c3c(C)nn(C)c3C)cc(N3CCOC[C@H]3C)n2)cc1. The summed E-state index contributed by atoms with van der Waals surface area (Å²) >= 11 is 0. The predicted octanol–water partition coefficient (Wildman–Crippen LogP) is 3.53. The lowest BCUT2D eigenvalue weighted by Gasteiger charge is -2.34. The maximum Gasteiger partial charge on any atom is 0.319 e. The maximum atomic E-state index is 11.8. The molecule has 0 unspecified atom stereocenters. The number of anilines is 2. The molecule has 2 N–H and O–H groups in total. The quantitative estimate of drug-likeness (QED) is 0.619. The van der Waals surface area contributed by atoms with Gasteiger partial charge in [0.2, 0.25) is 0 Å². The lowest BCUT2D eigenvalue weighted by atomic mass is 10.1. The van der Waals surface area contributed by atoms with Gasteiger partial charge in [-0.25, -0.2) is 14.8 Å². The minimum atomic E-state index is -0.227. The van der Waals surface area contributed by atoms with Gasteiger partial charge < -0.3 is 20.3 Å². The Morgan fingerprint density at radius 1 is 1.21 bits per heavy atom. The Hall–Kier alpha value is -3.46. The van der Waals surface area contributed by atoms with Crippen molar-refractivity contribution in [2.45, 2.75) is 33.7 Å². The van der Waals surface area contributed by atoms with Crippen molar-refractivity contribution < 1.29 is 9.53 Å². The normalized spacial score (nSPS) is 16.0. The molecule has 2 amide bonds. The van der Waals surface area contributed by atoms with E-state index in [4.69, 9.17) is 14.7 Å². The molecule has 9 nitrogen and oxygen atoms in total. The third-order valence-corrected chi connectivity index (χ3v) is 5.88. The lowest BCUT2D eigenvalue weighted by molar-refractivity contribution is 0.0985. The molecule has 3 aromatic rings. The zero-order chi connectivity index (χ0) is 23.5. The number of aromatic nitrogens is 4. The number of carbonyl (C=O) groups excluding carboxylic acids is 1. The van der Waals surface area contributed by atoms with Gasteiger partial charge in [-0.15, -0.1) is 0 Å². The van der Waals surface area contributed by atoms with E-state index in [1.54, 1.807) is 0 Å². The number of hydrogen-bond acceptors (Lipinski definition) is 6. The second kappa shape index (κ2) is 9.58. The van der Waals surface area contributed by atoms with E-state index in [1.807, 2.05) is 55.9 Å². The van der Waals surface area contributed by atoms with Crippen LogP contribution in [0.2, 0.25) is 0 Å². The van der Waals surface area contributed by atoms with Crippen molar-refractivity contribution in [1.29, 1.82) is 0 Å². The fraction of sp³-hybridized carbons (Fsp3) is 0.417. The molecule has 174 valence electrons. The summed E-state index contributed by atoms with van der Waals surface area (Å²) in [6, 6.07) is 9.61. The van der Waals surface area contributed by atoms with Gasteiger partial charge in [0.15, 0.2) is 5.82 Å². The van der Waals surface area contributed by atoms with Crippen molar-refractivity contribution in [3.8, 4) is 22.6 Å². The van der Waals surface area contributed by atoms with Gasteiger partial charge in [-0.1, -0.05) is 0 Å². The molecule has 1 aromatic carbocycles. The zero-order valence-corrected chi connectivity index (χ0v) is 19.8. The molecule has 0 aliphatic carbocycles. The maximum absolute atomic E-state index is 11.8. The number of urea groups is 1. The third-order valence-electron chi connectivity index (χ3n) is 5.88. The lowest BCUT2D eigenvalue weighted by Crippen LogP contribution is -2.44. The molecule has 0 bridgehead atoms. The first kappa shape index (κ1) is 22.7. The van der Waals surface area contributed by atoms with E-state index in [0.717, 1.165) is 40.6 Å². The van der Waals surface area contributed by atoms with Crippen molar-refractivity contribution in [2.24, 2.45) is 7.05 Å². The molecule has 1 aliphatic heterocycles. The number of nitrogens with zero attached hydrogens (tertiary/aromatic N) is 5. The van der Waals surface area contributed by atoms with Crippen LogP contribution in [0.3, 0.4) is 0 Å². The number of aryl methyl sites for hydroxylation is 2. The van der Waals surface area contributed by atoms with Crippen molar-refractivity contribution in [3.05, 3.63) is 41.7 Å².